The smallest absolute Gasteiger partial charge is 0.247 e. The van der Waals surface area contributed by atoms with Gasteiger partial charge in [-0.15, -0.1) is 0 Å². The number of aliphatic hydroxyl groups excluding tert-OH is 1. The van der Waals surface area contributed by atoms with E-state index < -0.39 is 6.04 Å². The average molecular weight is 262 g/mol. The summed E-state index contributed by atoms with van der Waals surface area (Å²) >= 11 is 0. The highest BCUT2D eigenvalue weighted by Crippen LogP contribution is 2.30. The molecule has 1 amide bonds. The molecule has 0 radical (unpaired) electrons. The number of anilines is 1. The normalized spacial score (nSPS) is 23.7. The maximum Gasteiger partial charge on any atom is 0.247 e. The topological polar surface area (TPSA) is 43.8 Å². The molecule has 1 aliphatic heterocycles. The number of piperazine rings is 1. The monoisotopic (exact) mass is 262 g/mol. The van der Waals surface area contributed by atoms with Gasteiger partial charge >= 0.3 is 0 Å². The molecule has 0 bridgehead atoms. The molecule has 19 heavy (non-hydrogen) atoms. The fraction of sp³-hybridized carbons (Fsp3) is 0.533. The van der Waals surface area contributed by atoms with E-state index in [0.29, 0.717) is 0 Å². The van der Waals surface area contributed by atoms with Crippen LogP contribution in [0, 0.1) is 6.92 Å². The molecule has 1 aromatic carbocycles. The number of carbonyl (C=O) groups excluding carboxylic acids is 1. The minimum atomic E-state index is -0.450. The first-order valence-corrected chi connectivity index (χ1v) is 6.58. The van der Waals surface area contributed by atoms with Gasteiger partial charge in [0.05, 0.1) is 12.1 Å². The molecule has 2 rings (SSSR count). The Kier molecular flexibility index (Phi) is 3.65. The van der Waals surface area contributed by atoms with Crippen LogP contribution in [-0.4, -0.2) is 47.7 Å². The van der Waals surface area contributed by atoms with Crippen LogP contribution in [0.1, 0.15) is 19.4 Å². The van der Waals surface area contributed by atoms with Crippen molar-refractivity contribution in [3.8, 4) is 0 Å². The van der Waals surface area contributed by atoms with E-state index in [1.54, 1.807) is 0 Å². The fourth-order valence-electron chi connectivity index (χ4n) is 2.82. The van der Waals surface area contributed by atoms with Crippen LogP contribution in [0.3, 0.4) is 0 Å². The highest BCUT2D eigenvalue weighted by Gasteiger charge is 2.43. The van der Waals surface area contributed by atoms with Gasteiger partial charge in [-0.1, -0.05) is 17.7 Å². The van der Waals surface area contributed by atoms with Gasteiger partial charge < -0.3 is 10.0 Å². The lowest BCUT2D eigenvalue weighted by molar-refractivity contribution is -0.129. The number of rotatable bonds is 2. The van der Waals surface area contributed by atoms with Crippen LogP contribution in [0.25, 0.3) is 0 Å². The zero-order valence-corrected chi connectivity index (χ0v) is 12.1. The van der Waals surface area contributed by atoms with Crippen LogP contribution in [0.2, 0.25) is 0 Å². The molecule has 1 atom stereocenters. The molecule has 4 heteroatoms. The van der Waals surface area contributed by atoms with Crippen molar-refractivity contribution in [1.82, 2.24) is 4.90 Å². The van der Waals surface area contributed by atoms with E-state index in [1.807, 2.05) is 48.0 Å². The Bertz CT molecular complexity index is 468. The first kappa shape index (κ1) is 14.0. The number of aryl methyl sites for hydroxylation is 1. The van der Waals surface area contributed by atoms with E-state index >= 15 is 0 Å². The van der Waals surface area contributed by atoms with Crippen molar-refractivity contribution < 1.29 is 9.90 Å². The largest absolute Gasteiger partial charge is 0.394 e. The molecular formula is C15H22N2O2. The summed E-state index contributed by atoms with van der Waals surface area (Å²) in [4.78, 5) is 16.3. The predicted octanol–water partition coefficient (Wildman–Crippen LogP) is 1.41. The number of aliphatic hydroxyl groups is 1. The number of nitrogens with zero attached hydrogens (tertiary/aromatic N) is 2. The Labute approximate surface area is 114 Å². The summed E-state index contributed by atoms with van der Waals surface area (Å²) in [5.41, 5.74) is 1.78. The van der Waals surface area contributed by atoms with Crippen LogP contribution < -0.4 is 4.90 Å². The maximum absolute atomic E-state index is 12.6. The summed E-state index contributed by atoms with van der Waals surface area (Å²) in [5.74, 6) is -0.0369. The third kappa shape index (κ3) is 2.51. The van der Waals surface area contributed by atoms with Gasteiger partial charge in [0.25, 0.3) is 0 Å². The molecule has 0 spiro atoms. The van der Waals surface area contributed by atoms with E-state index in [9.17, 15) is 9.90 Å². The second-order valence-corrected chi connectivity index (χ2v) is 5.94. The molecule has 1 aliphatic rings. The number of hydrogen-bond acceptors (Lipinski definition) is 3. The summed E-state index contributed by atoms with van der Waals surface area (Å²) in [6.45, 7) is 6.71. The van der Waals surface area contributed by atoms with Gasteiger partial charge in [0, 0.05) is 12.2 Å². The Balaban J connectivity index is 2.40. The van der Waals surface area contributed by atoms with E-state index in [-0.39, 0.29) is 18.1 Å². The van der Waals surface area contributed by atoms with Crippen LogP contribution in [0.5, 0.6) is 0 Å². The van der Waals surface area contributed by atoms with Crippen molar-refractivity contribution in [2.75, 3.05) is 25.1 Å². The van der Waals surface area contributed by atoms with Crippen LogP contribution in [0.4, 0.5) is 5.69 Å². The van der Waals surface area contributed by atoms with Gasteiger partial charge in [0.15, 0.2) is 0 Å². The maximum atomic E-state index is 12.6. The Morgan fingerprint density at radius 2 is 1.89 bits per heavy atom. The lowest BCUT2D eigenvalue weighted by Gasteiger charge is -2.49. The summed E-state index contributed by atoms with van der Waals surface area (Å²) in [5, 5.41) is 9.42. The van der Waals surface area contributed by atoms with Gasteiger partial charge in [-0.3, -0.25) is 9.69 Å². The highest BCUT2D eigenvalue weighted by atomic mass is 16.3. The summed E-state index contributed by atoms with van der Waals surface area (Å²) < 4.78 is 0. The van der Waals surface area contributed by atoms with Crippen molar-refractivity contribution in [1.29, 1.82) is 0 Å². The minimum Gasteiger partial charge on any atom is -0.394 e. The van der Waals surface area contributed by atoms with Crippen LogP contribution >= 0.6 is 0 Å². The number of carbonyl (C=O) groups is 1. The first-order valence-electron chi connectivity index (χ1n) is 6.58. The molecular weight excluding hydrogens is 240 g/mol. The van der Waals surface area contributed by atoms with E-state index in [4.69, 9.17) is 0 Å². The van der Waals surface area contributed by atoms with E-state index in [0.717, 1.165) is 12.2 Å². The zero-order chi connectivity index (χ0) is 14.2. The molecule has 4 nitrogen and oxygen atoms in total. The van der Waals surface area contributed by atoms with Gasteiger partial charge in [0.2, 0.25) is 5.91 Å². The third-order valence-electron chi connectivity index (χ3n) is 3.74. The van der Waals surface area contributed by atoms with Gasteiger partial charge in [-0.25, -0.2) is 0 Å². The summed E-state index contributed by atoms with van der Waals surface area (Å²) in [6.07, 6.45) is 0. The Morgan fingerprint density at radius 1 is 1.32 bits per heavy atom. The summed E-state index contributed by atoms with van der Waals surface area (Å²) in [6, 6.07) is 7.49. The fourth-order valence-corrected chi connectivity index (χ4v) is 2.82. The quantitative estimate of drug-likeness (QED) is 0.876. The SMILES string of the molecule is Cc1ccc(N2C(=O)C(CO)N(C)CC2(C)C)cc1. The molecule has 1 N–H and O–H groups in total. The lowest BCUT2D eigenvalue weighted by Crippen LogP contribution is -2.66. The molecule has 0 aromatic heterocycles. The number of benzene rings is 1. The second-order valence-electron chi connectivity index (χ2n) is 5.94. The van der Waals surface area contributed by atoms with Crippen molar-refractivity contribution in [3.05, 3.63) is 29.8 Å². The van der Waals surface area contributed by atoms with Gasteiger partial charge in [0.1, 0.15) is 6.04 Å². The molecule has 1 saturated heterocycles. The molecule has 0 saturated carbocycles. The minimum absolute atomic E-state index is 0.0369. The number of hydrogen-bond donors (Lipinski definition) is 1. The zero-order valence-electron chi connectivity index (χ0n) is 12.1. The van der Waals surface area contributed by atoms with Crippen molar-refractivity contribution in [2.45, 2.75) is 32.4 Å². The summed E-state index contributed by atoms with van der Waals surface area (Å²) in [7, 11) is 1.88. The Hall–Kier alpha value is -1.39. The molecule has 0 aliphatic carbocycles. The number of amides is 1. The first-order chi connectivity index (χ1) is 8.86. The molecule has 104 valence electrons. The molecule has 1 aromatic rings. The highest BCUT2D eigenvalue weighted by molar-refractivity contribution is 5.99. The van der Waals surface area contributed by atoms with Gasteiger partial charge in [-0.05, 0) is 40.0 Å². The van der Waals surface area contributed by atoms with Crippen LogP contribution in [0.15, 0.2) is 24.3 Å². The van der Waals surface area contributed by atoms with Crippen molar-refractivity contribution in [2.24, 2.45) is 0 Å². The van der Waals surface area contributed by atoms with E-state index in [1.165, 1.54) is 5.56 Å². The van der Waals surface area contributed by atoms with Crippen molar-refractivity contribution in [3.63, 3.8) is 0 Å². The average Bonchev–Trinajstić information content (AvgIpc) is 2.30. The number of likely N-dealkylation sites (N-methyl/N-ethyl adjacent to an activating group) is 1. The predicted molar refractivity (Wildman–Crippen MR) is 76.2 cm³/mol. The lowest BCUT2D eigenvalue weighted by atomic mass is 9.94. The van der Waals surface area contributed by atoms with Crippen LogP contribution in [-0.2, 0) is 4.79 Å². The van der Waals surface area contributed by atoms with E-state index in [2.05, 4.69) is 13.8 Å². The standard InChI is InChI=1S/C15H22N2O2/c1-11-5-7-12(8-6-11)17-14(19)13(9-18)16(4)10-15(17,2)3/h5-8,13,18H,9-10H2,1-4H3. The Morgan fingerprint density at radius 3 is 2.42 bits per heavy atom. The second kappa shape index (κ2) is 4.94. The molecule has 1 fully saturated rings. The van der Waals surface area contributed by atoms with Gasteiger partial charge in [-0.2, -0.15) is 0 Å². The third-order valence-corrected chi connectivity index (χ3v) is 3.74. The van der Waals surface area contributed by atoms with Crippen molar-refractivity contribution >= 4 is 11.6 Å². The molecule has 1 unspecified atom stereocenters. The molecule has 1 heterocycles.